The van der Waals surface area contributed by atoms with Crippen LogP contribution < -0.4 is 12.4 Å². The zero-order valence-electron chi connectivity index (χ0n) is 32.7. The molecular formula is C45H86ClN. The number of rotatable bonds is 37. The molecule has 0 spiro atoms. The molecule has 0 amide bonds. The Hall–Kier alpha value is -0.530. The summed E-state index contributed by atoms with van der Waals surface area (Å²) in [6, 6.07) is 11.3. The topological polar surface area (TPSA) is 0 Å². The molecule has 2 heteroatoms. The van der Waals surface area contributed by atoms with Crippen LogP contribution in [-0.2, 0) is 6.54 Å². The van der Waals surface area contributed by atoms with Crippen molar-refractivity contribution in [2.24, 2.45) is 0 Å². The Bertz CT molecular complexity index is 705. The largest absolute Gasteiger partial charge is 1.00 e. The van der Waals surface area contributed by atoms with Crippen molar-refractivity contribution in [1.29, 1.82) is 0 Å². The zero-order chi connectivity index (χ0) is 33.1. The second kappa shape index (κ2) is 36.7. The predicted octanol–water partition coefficient (Wildman–Crippen LogP) is 12.6. The molecule has 0 fully saturated rings. The Kier molecular flexibility index (Phi) is 36.3. The van der Waals surface area contributed by atoms with Crippen LogP contribution in [0.5, 0.6) is 0 Å². The van der Waals surface area contributed by atoms with Crippen LogP contribution >= 0.6 is 0 Å². The van der Waals surface area contributed by atoms with Crippen LogP contribution in [0.1, 0.15) is 231 Å². The molecule has 1 nitrogen and oxygen atoms in total. The first-order valence-electron chi connectivity index (χ1n) is 21.6. The summed E-state index contributed by atoms with van der Waals surface area (Å²) in [6.45, 7) is 8.54. The maximum atomic E-state index is 2.55. The van der Waals surface area contributed by atoms with Crippen molar-refractivity contribution in [1.82, 2.24) is 0 Å². The predicted molar refractivity (Wildman–Crippen MR) is 210 cm³/mol. The molecule has 1 rings (SSSR count). The summed E-state index contributed by atoms with van der Waals surface area (Å²) >= 11 is 0. The van der Waals surface area contributed by atoms with Gasteiger partial charge in [0.1, 0.15) is 6.54 Å². The molecule has 1 aromatic rings. The van der Waals surface area contributed by atoms with Crippen molar-refractivity contribution in [3.8, 4) is 0 Å². The quantitative estimate of drug-likeness (QED) is 0.0486. The van der Waals surface area contributed by atoms with Gasteiger partial charge in [-0.3, -0.25) is 0 Å². The Morgan fingerprint density at radius 2 is 0.574 bits per heavy atom. The Balaban J connectivity index is 0.0000212. The first-order valence-corrected chi connectivity index (χ1v) is 21.6. The number of hydrogen-bond acceptors (Lipinski definition) is 0. The lowest BCUT2D eigenvalue weighted by Gasteiger charge is -2.35. The van der Waals surface area contributed by atoms with Crippen LogP contribution in [0.2, 0.25) is 0 Å². The van der Waals surface area contributed by atoms with Crippen molar-refractivity contribution in [2.75, 3.05) is 20.1 Å². The van der Waals surface area contributed by atoms with Gasteiger partial charge < -0.3 is 16.9 Å². The lowest BCUT2D eigenvalue weighted by molar-refractivity contribution is -0.923. The lowest BCUT2D eigenvalue weighted by Crippen LogP contribution is -3.00. The molecule has 0 radical (unpaired) electrons. The van der Waals surface area contributed by atoms with E-state index in [1.807, 2.05) is 0 Å². The number of unbranched alkanes of at least 4 members (excludes halogenated alkanes) is 31. The lowest BCUT2D eigenvalue weighted by atomic mass is 10.0. The summed E-state index contributed by atoms with van der Waals surface area (Å²) in [5.41, 5.74) is 1.52. The summed E-state index contributed by atoms with van der Waals surface area (Å²) in [6.07, 6.45) is 48.0. The molecule has 47 heavy (non-hydrogen) atoms. The third-order valence-corrected chi connectivity index (χ3v) is 10.8. The fourth-order valence-corrected chi connectivity index (χ4v) is 7.55. The molecule has 0 bridgehead atoms. The SMILES string of the molecule is CCCCCCCCCCCCCCCCCCC[N+](C)(CCCCCCCCCCCCCCCCCC)Cc1ccccc1.[Cl-]. The van der Waals surface area contributed by atoms with Crippen molar-refractivity contribution in [2.45, 2.75) is 232 Å². The van der Waals surface area contributed by atoms with Gasteiger partial charge in [0, 0.05) is 5.56 Å². The van der Waals surface area contributed by atoms with Gasteiger partial charge in [0.05, 0.1) is 20.1 Å². The highest BCUT2D eigenvalue weighted by Gasteiger charge is 2.21. The van der Waals surface area contributed by atoms with E-state index in [1.54, 1.807) is 0 Å². The van der Waals surface area contributed by atoms with E-state index in [9.17, 15) is 0 Å². The van der Waals surface area contributed by atoms with E-state index in [1.165, 1.54) is 242 Å². The molecule has 1 atom stereocenters. The number of benzene rings is 1. The van der Waals surface area contributed by atoms with Gasteiger partial charge in [-0.05, 0) is 25.7 Å². The van der Waals surface area contributed by atoms with Crippen LogP contribution in [0.15, 0.2) is 30.3 Å². The number of halogens is 1. The normalized spacial score (nSPS) is 12.7. The standard InChI is InChI=1S/C45H86N.ClH/c1-4-6-8-10-12-14-16-18-20-22-24-26-28-30-32-34-39-43-46(3,44-45-40-36-35-37-41-45)42-38-33-31-29-27-25-23-21-19-17-15-13-11-9-7-5-2;/h35-37,40-41H,4-34,38-39,42-44H2,1-3H3;1H/q+1;/p-1. The van der Waals surface area contributed by atoms with Gasteiger partial charge in [0.15, 0.2) is 0 Å². The highest BCUT2D eigenvalue weighted by atomic mass is 35.5. The van der Waals surface area contributed by atoms with Gasteiger partial charge in [0.2, 0.25) is 0 Å². The molecule has 278 valence electrons. The summed E-state index contributed by atoms with van der Waals surface area (Å²) in [5.74, 6) is 0. The monoisotopic (exact) mass is 676 g/mol. The maximum Gasteiger partial charge on any atom is 0.104 e. The summed E-state index contributed by atoms with van der Waals surface area (Å²) in [5, 5.41) is 0. The van der Waals surface area contributed by atoms with Crippen molar-refractivity contribution in [3.63, 3.8) is 0 Å². The summed E-state index contributed by atoms with van der Waals surface area (Å²) < 4.78 is 1.24. The van der Waals surface area contributed by atoms with Crippen LogP contribution in [0.4, 0.5) is 0 Å². The van der Waals surface area contributed by atoms with Crippen LogP contribution in [0.25, 0.3) is 0 Å². The van der Waals surface area contributed by atoms with Crippen molar-refractivity contribution in [3.05, 3.63) is 35.9 Å². The molecule has 0 aromatic heterocycles. The molecule has 1 aromatic carbocycles. The van der Waals surface area contributed by atoms with E-state index >= 15 is 0 Å². The highest BCUT2D eigenvalue weighted by molar-refractivity contribution is 5.13. The molecule has 0 aliphatic rings. The molecule has 0 saturated carbocycles. The first kappa shape index (κ1) is 46.5. The molecule has 0 heterocycles. The van der Waals surface area contributed by atoms with Crippen LogP contribution in [0.3, 0.4) is 0 Å². The van der Waals surface area contributed by atoms with E-state index in [0.717, 1.165) is 0 Å². The number of nitrogens with zero attached hydrogens (tertiary/aromatic N) is 1. The Morgan fingerprint density at radius 1 is 0.340 bits per heavy atom. The number of quaternary nitrogens is 1. The highest BCUT2D eigenvalue weighted by Crippen LogP contribution is 2.19. The van der Waals surface area contributed by atoms with Crippen molar-refractivity contribution >= 4 is 0 Å². The molecule has 0 aliphatic carbocycles. The molecule has 0 N–H and O–H groups in total. The fraction of sp³-hybridized carbons (Fsp3) is 0.867. The van der Waals surface area contributed by atoms with Crippen molar-refractivity contribution < 1.29 is 16.9 Å². The number of hydrogen-bond donors (Lipinski definition) is 0. The minimum Gasteiger partial charge on any atom is -1.00 e. The van der Waals surface area contributed by atoms with Gasteiger partial charge in [-0.1, -0.05) is 230 Å². The maximum absolute atomic E-state index is 2.55. The Morgan fingerprint density at radius 3 is 0.830 bits per heavy atom. The third-order valence-electron chi connectivity index (χ3n) is 10.8. The fourth-order valence-electron chi connectivity index (χ4n) is 7.55. The minimum atomic E-state index is 0. The van der Waals surface area contributed by atoms with Gasteiger partial charge in [0.25, 0.3) is 0 Å². The van der Waals surface area contributed by atoms with Gasteiger partial charge in [-0.2, -0.15) is 0 Å². The van der Waals surface area contributed by atoms with Gasteiger partial charge >= 0.3 is 0 Å². The molecule has 0 saturated heterocycles. The second-order valence-electron chi connectivity index (χ2n) is 15.7. The van der Waals surface area contributed by atoms with E-state index < -0.39 is 0 Å². The molecule has 1 unspecified atom stereocenters. The van der Waals surface area contributed by atoms with Crippen LogP contribution in [-0.4, -0.2) is 24.6 Å². The van der Waals surface area contributed by atoms with Crippen LogP contribution in [0, 0.1) is 0 Å². The summed E-state index contributed by atoms with van der Waals surface area (Å²) in [7, 11) is 2.55. The molecular weight excluding hydrogens is 590 g/mol. The Labute approximate surface area is 304 Å². The molecule has 0 aliphatic heterocycles. The van der Waals surface area contributed by atoms with E-state index in [-0.39, 0.29) is 12.4 Å². The minimum absolute atomic E-state index is 0. The van der Waals surface area contributed by atoms with Gasteiger partial charge in [-0.15, -0.1) is 0 Å². The second-order valence-corrected chi connectivity index (χ2v) is 15.7. The van der Waals surface area contributed by atoms with E-state index in [4.69, 9.17) is 0 Å². The average Bonchev–Trinajstić information content (AvgIpc) is 3.06. The third kappa shape index (κ3) is 32.4. The smallest absolute Gasteiger partial charge is 0.104 e. The first-order chi connectivity index (χ1) is 22.7. The van der Waals surface area contributed by atoms with Gasteiger partial charge in [-0.25, -0.2) is 0 Å². The van der Waals surface area contributed by atoms with E-state index in [2.05, 4.69) is 51.2 Å². The zero-order valence-corrected chi connectivity index (χ0v) is 33.4. The average molecular weight is 677 g/mol. The van der Waals surface area contributed by atoms with E-state index in [0.29, 0.717) is 0 Å². The summed E-state index contributed by atoms with van der Waals surface area (Å²) in [4.78, 5) is 0.